The Morgan fingerprint density at radius 1 is 1.46 bits per heavy atom. The van der Waals surface area contributed by atoms with Crippen LogP contribution in [-0.2, 0) is 0 Å². The highest BCUT2D eigenvalue weighted by molar-refractivity contribution is 4.81. The summed E-state index contributed by atoms with van der Waals surface area (Å²) in [6, 6.07) is 1.16. The minimum Gasteiger partial charge on any atom is -0.326 e. The van der Waals surface area contributed by atoms with Crippen LogP contribution in [0.2, 0.25) is 0 Å². The molecular weight excluding hydrogens is 160 g/mol. The third-order valence-electron chi connectivity index (χ3n) is 3.27. The fourth-order valence-corrected chi connectivity index (χ4v) is 2.08. The van der Waals surface area contributed by atoms with Crippen LogP contribution in [0.1, 0.15) is 40.0 Å². The summed E-state index contributed by atoms with van der Waals surface area (Å²) in [5, 5.41) is 0. The van der Waals surface area contributed by atoms with Crippen molar-refractivity contribution in [3.8, 4) is 0 Å². The van der Waals surface area contributed by atoms with Gasteiger partial charge in [-0.15, -0.1) is 0 Å². The van der Waals surface area contributed by atoms with Crippen LogP contribution in [0.4, 0.5) is 0 Å². The van der Waals surface area contributed by atoms with Gasteiger partial charge < -0.3 is 5.73 Å². The van der Waals surface area contributed by atoms with Crippen LogP contribution in [0.3, 0.4) is 0 Å². The van der Waals surface area contributed by atoms with Gasteiger partial charge in [-0.1, -0.05) is 20.8 Å². The van der Waals surface area contributed by atoms with Gasteiger partial charge in [0.25, 0.3) is 0 Å². The fourth-order valence-electron chi connectivity index (χ4n) is 2.08. The van der Waals surface area contributed by atoms with Gasteiger partial charge in [0.2, 0.25) is 0 Å². The van der Waals surface area contributed by atoms with E-state index in [-0.39, 0.29) is 0 Å². The summed E-state index contributed by atoms with van der Waals surface area (Å²) in [4.78, 5) is 2.57. The minimum atomic E-state index is 0.354. The molecule has 1 fully saturated rings. The van der Waals surface area contributed by atoms with Gasteiger partial charge in [-0.3, -0.25) is 4.90 Å². The van der Waals surface area contributed by atoms with E-state index in [1.54, 1.807) is 0 Å². The lowest BCUT2D eigenvalue weighted by Gasteiger charge is -2.28. The molecule has 0 spiro atoms. The first kappa shape index (κ1) is 11.0. The van der Waals surface area contributed by atoms with Crippen LogP contribution in [0.25, 0.3) is 0 Å². The van der Waals surface area contributed by atoms with Crippen molar-refractivity contribution in [1.82, 2.24) is 4.90 Å². The summed E-state index contributed by atoms with van der Waals surface area (Å²) in [6.45, 7) is 9.06. The summed E-state index contributed by atoms with van der Waals surface area (Å²) in [5.74, 6) is 0.609. The van der Waals surface area contributed by atoms with Crippen LogP contribution in [-0.4, -0.2) is 30.1 Å². The van der Waals surface area contributed by atoms with E-state index in [1.165, 1.54) is 25.8 Å². The molecule has 0 bridgehead atoms. The number of hydrogen-bond donors (Lipinski definition) is 1. The molecule has 1 rings (SSSR count). The SMILES string of the molecule is CCC1CCCN1CC(N)C(C)C. The van der Waals surface area contributed by atoms with Crippen molar-refractivity contribution in [1.29, 1.82) is 0 Å². The summed E-state index contributed by atoms with van der Waals surface area (Å²) in [5.41, 5.74) is 6.07. The Labute approximate surface area is 82.5 Å². The lowest BCUT2D eigenvalue weighted by molar-refractivity contribution is 0.217. The zero-order valence-corrected chi connectivity index (χ0v) is 9.29. The molecule has 1 saturated heterocycles. The zero-order chi connectivity index (χ0) is 9.84. The van der Waals surface area contributed by atoms with Crippen LogP contribution < -0.4 is 5.73 Å². The molecule has 0 aliphatic carbocycles. The molecule has 1 aliphatic rings. The van der Waals surface area contributed by atoms with Crippen molar-refractivity contribution < 1.29 is 0 Å². The van der Waals surface area contributed by atoms with Gasteiger partial charge in [0.1, 0.15) is 0 Å². The predicted molar refractivity (Wildman–Crippen MR) is 57.7 cm³/mol. The molecule has 0 amide bonds. The molecule has 2 nitrogen and oxygen atoms in total. The highest BCUT2D eigenvalue weighted by Gasteiger charge is 2.24. The molecule has 2 N–H and O–H groups in total. The number of rotatable bonds is 4. The molecule has 0 radical (unpaired) electrons. The van der Waals surface area contributed by atoms with Gasteiger partial charge in [-0.2, -0.15) is 0 Å². The molecule has 2 heteroatoms. The molecule has 13 heavy (non-hydrogen) atoms. The Bertz CT molecular complexity index is 145. The van der Waals surface area contributed by atoms with E-state index >= 15 is 0 Å². The normalized spacial score (nSPS) is 27.0. The van der Waals surface area contributed by atoms with E-state index in [4.69, 9.17) is 5.73 Å². The maximum atomic E-state index is 6.07. The smallest absolute Gasteiger partial charge is 0.0191 e. The molecule has 1 heterocycles. The first-order valence-corrected chi connectivity index (χ1v) is 5.64. The first-order valence-electron chi connectivity index (χ1n) is 5.64. The Morgan fingerprint density at radius 2 is 2.15 bits per heavy atom. The molecular formula is C11H24N2. The van der Waals surface area contributed by atoms with Gasteiger partial charge >= 0.3 is 0 Å². The third kappa shape index (κ3) is 2.96. The van der Waals surface area contributed by atoms with Crippen molar-refractivity contribution in [3.63, 3.8) is 0 Å². The molecule has 0 saturated carbocycles. The predicted octanol–water partition coefficient (Wildman–Crippen LogP) is 1.84. The van der Waals surface area contributed by atoms with Crippen molar-refractivity contribution >= 4 is 0 Å². The van der Waals surface area contributed by atoms with Crippen molar-refractivity contribution in [2.45, 2.75) is 52.1 Å². The standard InChI is InChI=1S/C11H24N2/c1-4-10-6-5-7-13(10)8-11(12)9(2)3/h9-11H,4-8,12H2,1-3H3. The van der Waals surface area contributed by atoms with E-state index in [0.29, 0.717) is 12.0 Å². The fraction of sp³-hybridized carbons (Fsp3) is 1.00. The van der Waals surface area contributed by atoms with Crippen LogP contribution >= 0.6 is 0 Å². The Morgan fingerprint density at radius 3 is 2.69 bits per heavy atom. The van der Waals surface area contributed by atoms with E-state index in [0.717, 1.165) is 12.6 Å². The van der Waals surface area contributed by atoms with E-state index in [9.17, 15) is 0 Å². The van der Waals surface area contributed by atoms with Crippen LogP contribution in [0, 0.1) is 5.92 Å². The first-order chi connectivity index (χ1) is 6.15. The van der Waals surface area contributed by atoms with Crippen molar-refractivity contribution in [2.24, 2.45) is 11.7 Å². The second-order valence-corrected chi connectivity index (χ2v) is 4.61. The maximum Gasteiger partial charge on any atom is 0.0191 e. The average molecular weight is 184 g/mol. The zero-order valence-electron chi connectivity index (χ0n) is 9.29. The quantitative estimate of drug-likeness (QED) is 0.722. The topological polar surface area (TPSA) is 29.3 Å². The number of hydrogen-bond acceptors (Lipinski definition) is 2. The van der Waals surface area contributed by atoms with Crippen molar-refractivity contribution in [3.05, 3.63) is 0 Å². The lowest BCUT2D eigenvalue weighted by Crippen LogP contribution is -2.42. The second kappa shape index (κ2) is 4.97. The van der Waals surface area contributed by atoms with Gasteiger partial charge in [0, 0.05) is 18.6 Å². The summed E-state index contributed by atoms with van der Waals surface area (Å²) >= 11 is 0. The molecule has 0 aromatic carbocycles. The molecule has 2 atom stereocenters. The van der Waals surface area contributed by atoms with E-state index in [2.05, 4.69) is 25.7 Å². The Balaban J connectivity index is 2.34. The number of nitrogens with zero attached hydrogens (tertiary/aromatic N) is 1. The van der Waals surface area contributed by atoms with Crippen LogP contribution in [0.15, 0.2) is 0 Å². The second-order valence-electron chi connectivity index (χ2n) is 4.61. The summed E-state index contributed by atoms with van der Waals surface area (Å²) in [6.07, 6.45) is 4.02. The Hall–Kier alpha value is -0.0800. The highest BCUT2D eigenvalue weighted by atomic mass is 15.2. The largest absolute Gasteiger partial charge is 0.326 e. The highest BCUT2D eigenvalue weighted by Crippen LogP contribution is 2.20. The monoisotopic (exact) mass is 184 g/mol. The van der Waals surface area contributed by atoms with Crippen LogP contribution in [0.5, 0.6) is 0 Å². The Kier molecular flexibility index (Phi) is 4.20. The summed E-state index contributed by atoms with van der Waals surface area (Å²) in [7, 11) is 0. The van der Waals surface area contributed by atoms with Gasteiger partial charge in [0.15, 0.2) is 0 Å². The third-order valence-corrected chi connectivity index (χ3v) is 3.27. The van der Waals surface area contributed by atoms with E-state index in [1.807, 2.05) is 0 Å². The van der Waals surface area contributed by atoms with Gasteiger partial charge in [0.05, 0.1) is 0 Å². The molecule has 78 valence electrons. The lowest BCUT2D eigenvalue weighted by atomic mass is 10.0. The van der Waals surface area contributed by atoms with Gasteiger partial charge in [-0.25, -0.2) is 0 Å². The van der Waals surface area contributed by atoms with Crippen molar-refractivity contribution in [2.75, 3.05) is 13.1 Å². The summed E-state index contributed by atoms with van der Waals surface area (Å²) < 4.78 is 0. The van der Waals surface area contributed by atoms with Gasteiger partial charge in [-0.05, 0) is 31.7 Å². The molecule has 0 aromatic heterocycles. The molecule has 0 aromatic rings. The van der Waals surface area contributed by atoms with E-state index < -0.39 is 0 Å². The number of nitrogens with two attached hydrogens (primary N) is 1. The molecule has 2 unspecified atom stereocenters. The maximum absolute atomic E-state index is 6.07. The minimum absolute atomic E-state index is 0.354. The number of likely N-dealkylation sites (tertiary alicyclic amines) is 1. The average Bonchev–Trinajstić information content (AvgIpc) is 2.51. The molecule has 1 aliphatic heterocycles.